The fraction of sp³-hybridized carbons (Fsp3) is 0.294. The van der Waals surface area contributed by atoms with Crippen LogP contribution in [0.5, 0.6) is 0 Å². The summed E-state index contributed by atoms with van der Waals surface area (Å²) < 4.78 is 1.16. The zero-order valence-corrected chi connectivity index (χ0v) is 13.5. The molecule has 0 aliphatic heterocycles. The molecule has 0 aliphatic rings. The van der Waals surface area contributed by atoms with E-state index in [1.807, 2.05) is 7.05 Å². The van der Waals surface area contributed by atoms with Crippen molar-refractivity contribution in [1.82, 2.24) is 5.32 Å². The molecular formula is C17H20BrN. The van der Waals surface area contributed by atoms with E-state index in [9.17, 15) is 0 Å². The highest BCUT2D eigenvalue weighted by Crippen LogP contribution is 2.31. The quantitative estimate of drug-likeness (QED) is 0.866. The molecule has 100 valence electrons. The Bertz CT molecular complexity index is 538. The highest BCUT2D eigenvalue weighted by Gasteiger charge is 2.17. The molecule has 0 saturated heterocycles. The van der Waals surface area contributed by atoms with E-state index >= 15 is 0 Å². The summed E-state index contributed by atoms with van der Waals surface area (Å²) in [6.07, 6.45) is 0. The van der Waals surface area contributed by atoms with Gasteiger partial charge in [-0.25, -0.2) is 0 Å². The lowest BCUT2D eigenvalue weighted by Crippen LogP contribution is -2.20. The van der Waals surface area contributed by atoms with Gasteiger partial charge in [0.25, 0.3) is 0 Å². The van der Waals surface area contributed by atoms with Gasteiger partial charge in [0, 0.05) is 4.47 Å². The number of aryl methyl sites for hydroxylation is 1. The van der Waals surface area contributed by atoms with Crippen molar-refractivity contribution < 1.29 is 0 Å². The van der Waals surface area contributed by atoms with Crippen LogP contribution in [0.1, 0.15) is 33.9 Å². The lowest BCUT2D eigenvalue weighted by Gasteiger charge is -2.22. The maximum Gasteiger partial charge on any atom is 0.0579 e. The van der Waals surface area contributed by atoms with Crippen molar-refractivity contribution in [1.29, 1.82) is 0 Å². The van der Waals surface area contributed by atoms with Gasteiger partial charge in [0.05, 0.1) is 6.04 Å². The Hall–Kier alpha value is -1.12. The van der Waals surface area contributed by atoms with Gasteiger partial charge in [-0.05, 0) is 61.7 Å². The fourth-order valence-corrected chi connectivity index (χ4v) is 2.88. The zero-order valence-electron chi connectivity index (χ0n) is 11.9. The molecule has 0 heterocycles. The maximum absolute atomic E-state index is 3.62. The summed E-state index contributed by atoms with van der Waals surface area (Å²) >= 11 is 3.62. The molecule has 0 spiro atoms. The molecule has 0 radical (unpaired) electrons. The van der Waals surface area contributed by atoms with Gasteiger partial charge in [-0.1, -0.05) is 46.3 Å². The van der Waals surface area contributed by atoms with Crippen molar-refractivity contribution in [3.8, 4) is 0 Å². The van der Waals surface area contributed by atoms with Gasteiger partial charge in [-0.15, -0.1) is 0 Å². The van der Waals surface area contributed by atoms with E-state index < -0.39 is 0 Å². The summed E-state index contributed by atoms with van der Waals surface area (Å²) in [7, 11) is 2.02. The first-order chi connectivity index (χ1) is 9.06. The molecule has 2 heteroatoms. The largest absolute Gasteiger partial charge is 0.309 e. The van der Waals surface area contributed by atoms with Crippen LogP contribution in [0.4, 0.5) is 0 Å². The summed E-state index contributed by atoms with van der Waals surface area (Å²) in [4.78, 5) is 0. The average molecular weight is 318 g/mol. The number of hydrogen-bond donors (Lipinski definition) is 1. The Kier molecular flexibility index (Phi) is 4.43. The summed E-state index contributed by atoms with van der Waals surface area (Å²) in [6, 6.07) is 13.1. The van der Waals surface area contributed by atoms with Gasteiger partial charge in [0.2, 0.25) is 0 Å². The van der Waals surface area contributed by atoms with E-state index in [4.69, 9.17) is 0 Å². The molecule has 19 heavy (non-hydrogen) atoms. The van der Waals surface area contributed by atoms with E-state index in [1.165, 1.54) is 27.8 Å². The van der Waals surface area contributed by atoms with Crippen LogP contribution in [0.25, 0.3) is 0 Å². The SMILES string of the molecule is CNC(c1cccc(C)c1C)c1cccc(Br)c1C. The fourth-order valence-electron chi connectivity index (χ4n) is 2.50. The first-order valence-corrected chi connectivity index (χ1v) is 7.34. The van der Waals surface area contributed by atoms with Crippen molar-refractivity contribution in [2.24, 2.45) is 0 Å². The van der Waals surface area contributed by atoms with Crippen molar-refractivity contribution in [3.05, 3.63) is 68.7 Å². The Labute approximate surface area is 124 Å². The number of benzene rings is 2. The minimum Gasteiger partial charge on any atom is -0.309 e. The average Bonchev–Trinajstić information content (AvgIpc) is 2.40. The normalized spacial score (nSPS) is 12.5. The molecule has 1 nitrogen and oxygen atoms in total. The van der Waals surface area contributed by atoms with Crippen LogP contribution in [0, 0.1) is 20.8 Å². The van der Waals surface area contributed by atoms with Crippen molar-refractivity contribution in [2.75, 3.05) is 7.05 Å². The Morgan fingerprint density at radius 3 is 2.11 bits per heavy atom. The number of rotatable bonds is 3. The van der Waals surface area contributed by atoms with E-state index in [1.54, 1.807) is 0 Å². The molecule has 2 aromatic carbocycles. The van der Waals surface area contributed by atoms with Crippen LogP contribution in [-0.2, 0) is 0 Å². The van der Waals surface area contributed by atoms with E-state index in [0.29, 0.717) is 0 Å². The van der Waals surface area contributed by atoms with Crippen molar-refractivity contribution in [3.63, 3.8) is 0 Å². The third-order valence-corrected chi connectivity index (χ3v) is 4.73. The molecule has 0 saturated carbocycles. The molecule has 1 unspecified atom stereocenters. The Balaban J connectivity index is 2.57. The smallest absolute Gasteiger partial charge is 0.0579 e. The highest BCUT2D eigenvalue weighted by atomic mass is 79.9. The monoisotopic (exact) mass is 317 g/mol. The van der Waals surface area contributed by atoms with Gasteiger partial charge in [0.1, 0.15) is 0 Å². The van der Waals surface area contributed by atoms with Crippen LogP contribution < -0.4 is 5.32 Å². The van der Waals surface area contributed by atoms with Crippen molar-refractivity contribution >= 4 is 15.9 Å². The molecule has 0 bridgehead atoms. The number of hydrogen-bond acceptors (Lipinski definition) is 1. The van der Waals surface area contributed by atoms with Gasteiger partial charge >= 0.3 is 0 Å². The molecular weight excluding hydrogens is 298 g/mol. The highest BCUT2D eigenvalue weighted by molar-refractivity contribution is 9.10. The van der Waals surface area contributed by atoms with E-state index in [0.717, 1.165) is 4.47 Å². The minimum absolute atomic E-state index is 0.234. The predicted molar refractivity (Wildman–Crippen MR) is 85.7 cm³/mol. The lowest BCUT2D eigenvalue weighted by atomic mass is 9.90. The second kappa shape index (κ2) is 5.89. The van der Waals surface area contributed by atoms with E-state index in [-0.39, 0.29) is 6.04 Å². The molecule has 1 atom stereocenters. The molecule has 0 aliphatic carbocycles. The first-order valence-electron chi connectivity index (χ1n) is 6.54. The molecule has 2 aromatic rings. The Morgan fingerprint density at radius 1 is 0.895 bits per heavy atom. The van der Waals surface area contributed by atoms with Gasteiger partial charge in [0.15, 0.2) is 0 Å². The Morgan fingerprint density at radius 2 is 1.47 bits per heavy atom. The summed E-state index contributed by atoms with van der Waals surface area (Å²) in [5.41, 5.74) is 6.67. The lowest BCUT2D eigenvalue weighted by molar-refractivity contribution is 0.682. The molecule has 2 rings (SSSR count). The first kappa shape index (κ1) is 14.3. The molecule has 0 amide bonds. The standard InChI is InChI=1S/C17H20BrN/c1-11-7-5-8-14(12(11)2)17(19-4)15-9-6-10-16(18)13(15)3/h5-10,17,19H,1-4H3. The third kappa shape index (κ3) is 2.75. The minimum atomic E-state index is 0.234. The van der Waals surface area contributed by atoms with Gasteiger partial charge in [-0.3, -0.25) is 0 Å². The van der Waals surface area contributed by atoms with Crippen molar-refractivity contribution in [2.45, 2.75) is 26.8 Å². The second-order valence-corrected chi connectivity index (χ2v) is 5.82. The van der Waals surface area contributed by atoms with Crippen LogP contribution >= 0.6 is 15.9 Å². The third-order valence-electron chi connectivity index (χ3n) is 3.87. The number of halogens is 1. The zero-order chi connectivity index (χ0) is 14.0. The van der Waals surface area contributed by atoms with Gasteiger partial charge < -0.3 is 5.32 Å². The van der Waals surface area contributed by atoms with Crippen LogP contribution in [0.3, 0.4) is 0 Å². The topological polar surface area (TPSA) is 12.0 Å². The predicted octanol–water partition coefficient (Wildman–Crippen LogP) is 4.68. The van der Waals surface area contributed by atoms with Crippen LogP contribution in [0.15, 0.2) is 40.9 Å². The molecule has 1 N–H and O–H groups in total. The van der Waals surface area contributed by atoms with Crippen LogP contribution in [-0.4, -0.2) is 7.05 Å². The summed E-state index contributed by atoms with van der Waals surface area (Å²) in [5.74, 6) is 0. The summed E-state index contributed by atoms with van der Waals surface area (Å²) in [6.45, 7) is 6.52. The number of nitrogens with one attached hydrogen (secondary N) is 1. The van der Waals surface area contributed by atoms with Gasteiger partial charge in [-0.2, -0.15) is 0 Å². The van der Waals surface area contributed by atoms with Crippen LogP contribution in [0.2, 0.25) is 0 Å². The second-order valence-electron chi connectivity index (χ2n) is 4.96. The maximum atomic E-state index is 3.62. The molecule has 0 fully saturated rings. The van der Waals surface area contributed by atoms with E-state index in [2.05, 4.69) is 78.4 Å². The summed E-state index contributed by atoms with van der Waals surface area (Å²) in [5, 5.41) is 3.45. The molecule has 0 aromatic heterocycles.